The number of hydrogen-bond donors (Lipinski definition) is 1. The maximum absolute atomic E-state index is 12.5. The van der Waals surface area contributed by atoms with E-state index < -0.39 is 5.82 Å². The molecule has 0 amide bonds. The summed E-state index contributed by atoms with van der Waals surface area (Å²) in [5, 5.41) is 9.30. The zero-order chi connectivity index (χ0) is 7.72. The topological polar surface area (TPSA) is 20.2 Å². The summed E-state index contributed by atoms with van der Waals surface area (Å²) in [4.78, 5) is 0. The molecule has 0 aliphatic carbocycles. The Morgan fingerprint density at radius 3 is 2.60 bits per heavy atom. The third-order valence-electron chi connectivity index (χ3n) is 1.32. The van der Waals surface area contributed by atoms with Crippen molar-refractivity contribution >= 4 is 11.6 Å². The fraction of sp³-hybridized carbons (Fsp3) is 0.143. The number of hydrogen-bond acceptors (Lipinski definition) is 1. The minimum absolute atomic E-state index is 0.368. The first-order valence-corrected chi connectivity index (χ1v) is 3.14. The highest BCUT2D eigenvalue weighted by atomic mass is 35.5. The number of aromatic hydroxyl groups is 1. The Bertz CT molecular complexity index is 233. The van der Waals surface area contributed by atoms with Crippen molar-refractivity contribution in [2.24, 2.45) is 0 Å². The van der Waals surface area contributed by atoms with Crippen molar-refractivity contribution in [3.05, 3.63) is 28.5 Å². The highest BCUT2D eigenvalue weighted by Gasteiger charge is 2.05. The molecule has 0 atom stereocenters. The summed E-state index contributed by atoms with van der Waals surface area (Å²) < 4.78 is 12.5. The van der Waals surface area contributed by atoms with Crippen LogP contribution in [0.2, 0.25) is 5.02 Å². The summed E-state index contributed by atoms with van der Waals surface area (Å²) in [6.45, 7) is 1.56. The molecule has 1 aromatic carbocycles. The van der Waals surface area contributed by atoms with Gasteiger partial charge in [-0.25, -0.2) is 4.39 Å². The zero-order valence-electron chi connectivity index (χ0n) is 5.36. The smallest absolute Gasteiger partial charge is 0.165 e. The Balaban J connectivity index is 3.34. The molecule has 0 aromatic heterocycles. The number of phenolic OH excluding ortho intramolecular Hbond substituents is 1. The minimum Gasteiger partial charge on any atom is -0.505 e. The first-order chi connectivity index (χ1) is 4.63. The van der Waals surface area contributed by atoms with E-state index in [0.29, 0.717) is 10.6 Å². The van der Waals surface area contributed by atoms with E-state index >= 15 is 0 Å². The van der Waals surface area contributed by atoms with Gasteiger partial charge in [0, 0.05) is 10.6 Å². The van der Waals surface area contributed by atoms with E-state index in [2.05, 4.69) is 0 Å². The molecule has 54 valence electrons. The van der Waals surface area contributed by atoms with Crippen molar-refractivity contribution in [2.75, 3.05) is 0 Å². The maximum atomic E-state index is 12.5. The summed E-state index contributed by atoms with van der Waals surface area (Å²) >= 11 is 5.56. The molecule has 1 N–H and O–H groups in total. The van der Waals surface area contributed by atoms with Gasteiger partial charge in [0.2, 0.25) is 0 Å². The normalized spacial score (nSPS) is 9.90. The lowest BCUT2D eigenvalue weighted by Crippen LogP contribution is -1.81. The Labute approximate surface area is 63.1 Å². The maximum Gasteiger partial charge on any atom is 0.165 e. The minimum atomic E-state index is -0.637. The van der Waals surface area contributed by atoms with Gasteiger partial charge >= 0.3 is 0 Å². The molecule has 0 saturated heterocycles. The largest absolute Gasteiger partial charge is 0.505 e. The monoisotopic (exact) mass is 160 g/mol. The second-order valence-corrected chi connectivity index (χ2v) is 2.41. The van der Waals surface area contributed by atoms with Gasteiger partial charge in [-0.15, -0.1) is 0 Å². The molecule has 0 fully saturated rings. The first kappa shape index (κ1) is 7.35. The summed E-state index contributed by atoms with van der Waals surface area (Å²) in [7, 11) is 0. The third kappa shape index (κ3) is 1.07. The molecule has 10 heavy (non-hydrogen) atoms. The average Bonchev–Trinajstić information content (AvgIpc) is 1.93. The van der Waals surface area contributed by atoms with Gasteiger partial charge < -0.3 is 5.11 Å². The van der Waals surface area contributed by atoms with E-state index in [1.165, 1.54) is 6.07 Å². The molecule has 0 bridgehead atoms. The van der Waals surface area contributed by atoms with Crippen LogP contribution in [0.5, 0.6) is 5.75 Å². The lowest BCUT2D eigenvalue weighted by Gasteiger charge is -2.00. The van der Waals surface area contributed by atoms with Crippen molar-refractivity contribution in [3.63, 3.8) is 0 Å². The second kappa shape index (κ2) is 2.46. The van der Waals surface area contributed by atoms with E-state index in [-0.39, 0.29) is 5.75 Å². The summed E-state index contributed by atoms with van der Waals surface area (Å²) in [6.07, 6.45) is 0. The lowest BCUT2D eigenvalue weighted by atomic mass is 10.2. The van der Waals surface area contributed by atoms with Crippen molar-refractivity contribution in [2.45, 2.75) is 6.92 Å². The lowest BCUT2D eigenvalue weighted by molar-refractivity contribution is 0.428. The van der Waals surface area contributed by atoms with Crippen LogP contribution in [-0.2, 0) is 0 Å². The molecule has 0 heterocycles. The first-order valence-electron chi connectivity index (χ1n) is 2.76. The van der Waals surface area contributed by atoms with Crippen LogP contribution in [0.4, 0.5) is 4.39 Å². The molecule has 0 unspecified atom stereocenters. The van der Waals surface area contributed by atoms with Gasteiger partial charge in [0.25, 0.3) is 0 Å². The fourth-order valence-corrected chi connectivity index (χ4v) is 0.795. The standard InChI is InChI=1S/C7H6ClFO/c1-4-5(8)2-3-6(9)7(4)10/h2-3,10H,1H3. The predicted molar refractivity (Wildman–Crippen MR) is 37.8 cm³/mol. The summed E-state index contributed by atoms with van der Waals surface area (Å²) in [5.41, 5.74) is 0.377. The molecule has 0 spiro atoms. The van der Waals surface area contributed by atoms with E-state index in [1.807, 2.05) is 0 Å². The second-order valence-electron chi connectivity index (χ2n) is 2.00. The molecule has 0 radical (unpaired) electrons. The van der Waals surface area contributed by atoms with Crippen LogP contribution in [0.1, 0.15) is 5.56 Å². The molecule has 1 nitrogen and oxygen atoms in total. The summed E-state index contributed by atoms with van der Waals surface area (Å²) in [5.74, 6) is -1.01. The van der Waals surface area contributed by atoms with Gasteiger partial charge in [0.05, 0.1) is 0 Å². The Hall–Kier alpha value is -0.760. The van der Waals surface area contributed by atoms with Crippen molar-refractivity contribution in [3.8, 4) is 5.75 Å². The Morgan fingerprint density at radius 1 is 1.50 bits per heavy atom. The van der Waals surface area contributed by atoms with Crippen LogP contribution in [0.15, 0.2) is 12.1 Å². The average molecular weight is 161 g/mol. The van der Waals surface area contributed by atoms with Crippen LogP contribution in [0.3, 0.4) is 0 Å². The predicted octanol–water partition coefficient (Wildman–Crippen LogP) is 2.49. The van der Waals surface area contributed by atoms with E-state index in [1.54, 1.807) is 6.92 Å². The Morgan fingerprint density at radius 2 is 2.10 bits per heavy atom. The van der Waals surface area contributed by atoms with E-state index in [0.717, 1.165) is 6.07 Å². The quantitative estimate of drug-likeness (QED) is 0.618. The van der Waals surface area contributed by atoms with Crippen molar-refractivity contribution < 1.29 is 9.50 Å². The van der Waals surface area contributed by atoms with Gasteiger partial charge in [-0.2, -0.15) is 0 Å². The van der Waals surface area contributed by atoms with E-state index in [4.69, 9.17) is 16.7 Å². The molecule has 0 aliphatic heterocycles. The SMILES string of the molecule is Cc1c(Cl)ccc(F)c1O. The van der Waals surface area contributed by atoms with E-state index in [9.17, 15) is 4.39 Å². The third-order valence-corrected chi connectivity index (χ3v) is 1.73. The van der Waals surface area contributed by atoms with Gasteiger partial charge in [0.1, 0.15) is 0 Å². The molecule has 0 saturated carbocycles. The molecule has 3 heteroatoms. The number of phenols is 1. The highest BCUT2D eigenvalue weighted by molar-refractivity contribution is 6.31. The molecular weight excluding hydrogens is 155 g/mol. The van der Waals surface area contributed by atoms with Crippen molar-refractivity contribution in [1.82, 2.24) is 0 Å². The number of benzene rings is 1. The molecule has 1 aromatic rings. The highest BCUT2D eigenvalue weighted by Crippen LogP contribution is 2.26. The van der Waals surface area contributed by atoms with Crippen LogP contribution < -0.4 is 0 Å². The fourth-order valence-electron chi connectivity index (χ4n) is 0.642. The van der Waals surface area contributed by atoms with Gasteiger partial charge in [-0.1, -0.05) is 11.6 Å². The molecule has 1 rings (SSSR count). The van der Waals surface area contributed by atoms with Gasteiger partial charge in [0.15, 0.2) is 11.6 Å². The van der Waals surface area contributed by atoms with Crippen molar-refractivity contribution in [1.29, 1.82) is 0 Å². The van der Waals surface area contributed by atoms with Gasteiger partial charge in [-0.05, 0) is 19.1 Å². The number of rotatable bonds is 0. The molecule has 0 aliphatic rings. The van der Waals surface area contributed by atoms with Gasteiger partial charge in [-0.3, -0.25) is 0 Å². The molecular formula is C7H6ClFO. The summed E-state index contributed by atoms with van der Waals surface area (Å²) in [6, 6.07) is 2.54. The zero-order valence-corrected chi connectivity index (χ0v) is 6.11. The van der Waals surface area contributed by atoms with Crippen LogP contribution in [0.25, 0.3) is 0 Å². The van der Waals surface area contributed by atoms with Crippen LogP contribution in [-0.4, -0.2) is 5.11 Å². The van der Waals surface area contributed by atoms with Crippen LogP contribution >= 0.6 is 11.6 Å². The number of halogens is 2. The van der Waals surface area contributed by atoms with Crippen LogP contribution in [0, 0.1) is 12.7 Å². The Kier molecular flexibility index (Phi) is 1.81.